The van der Waals surface area contributed by atoms with Crippen LogP contribution in [0.5, 0.6) is 5.75 Å². The first-order valence-electron chi connectivity index (χ1n) is 46.8. The maximum atomic E-state index is 10.1. The molecule has 0 amide bonds. The molecule has 0 bridgehead atoms. The maximum absolute atomic E-state index is 10.1. The van der Waals surface area contributed by atoms with Crippen molar-refractivity contribution in [2.24, 2.45) is 4.66 Å². The highest BCUT2D eigenvalue weighted by Gasteiger charge is 2.41. The number of ether oxygens (including phenoxy) is 11. The van der Waals surface area contributed by atoms with Crippen LogP contribution < -0.4 is 4.89 Å². The molecule has 710 valence electrons. The second-order valence-electron chi connectivity index (χ2n) is 33.4. The van der Waals surface area contributed by atoms with E-state index in [1.54, 1.807) is 6.92 Å². The zero-order valence-electron chi connectivity index (χ0n) is 75.6. The van der Waals surface area contributed by atoms with Gasteiger partial charge in [-0.15, -0.1) is 4.33 Å². The normalized spacial score (nSPS) is 31.5. The third-order valence-corrected chi connectivity index (χ3v) is 24.8. The number of epoxide rings is 2. The van der Waals surface area contributed by atoms with Crippen molar-refractivity contribution < 1.29 is 132 Å². The summed E-state index contributed by atoms with van der Waals surface area (Å²) in [5, 5.41) is 117. The largest absolute Gasteiger partial charge is 0.400 e. The highest BCUT2D eigenvalue weighted by Crippen LogP contribution is 2.34. The molecule has 0 spiro atoms. The summed E-state index contributed by atoms with van der Waals surface area (Å²) in [7, 11) is 6.23. The lowest BCUT2D eigenvalue weighted by molar-refractivity contribution is -0.0783. The zero-order chi connectivity index (χ0) is 89.0. The molecule has 27 atom stereocenters. The average Bonchev–Trinajstić information content (AvgIpc) is 1.68. The molecule has 1 aromatic carbocycles. The number of aliphatic hydroxyl groups is 13. The number of hydrogen-bond acceptors (Lipinski definition) is 29. The van der Waals surface area contributed by atoms with Gasteiger partial charge in [0.25, 0.3) is 7.98 Å². The number of aliphatic hydroxyl groups excluding tert-OH is 13. The first-order chi connectivity index (χ1) is 58.7. The van der Waals surface area contributed by atoms with Gasteiger partial charge in [0.1, 0.15) is 30.5 Å². The van der Waals surface area contributed by atoms with Gasteiger partial charge in [0, 0.05) is 24.9 Å². The van der Waals surface area contributed by atoms with Gasteiger partial charge in [0.2, 0.25) is 0 Å². The van der Waals surface area contributed by atoms with Crippen LogP contribution in [0.4, 0.5) is 0 Å². The topological polar surface area (TPSA) is 411 Å². The molecule has 11 heterocycles. The van der Waals surface area contributed by atoms with Crippen LogP contribution in [0.1, 0.15) is 306 Å². The molecule has 11 aliphatic rings. The van der Waals surface area contributed by atoms with Crippen LogP contribution in [-0.4, -0.2) is 305 Å². The van der Waals surface area contributed by atoms with Crippen molar-refractivity contribution in [3.05, 3.63) is 30.3 Å². The van der Waals surface area contributed by atoms with Crippen molar-refractivity contribution in [1.82, 2.24) is 0 Å². The van der Waals surface area contributed by atoms with Crippen molar-refractivity contribution in [1.29, 1.82) is 0 Å². The van der Waals surface area contributed by atoms with Crippen molar-refractivity contribution in [3.8, 4) is 5.75 Å². The van der Waals surface area contributed by atoms with Crippen molar-refractivity contribution in [2.75, 3.05) is 65.7 Å². The van der Waals surface area contributed by atoms with Crippen LogP contribution in [-0.2, 0) is 61.0 Å². The first-order valence-corrected chi connectivity index (χ1v) is 48.5. The molecule has 121 heavy (non-hydrogen) atoms. The lowest BCUT2D eigenvalue weighted by Crippen LogP contribution is -2.30. The summed E-state index contributed by atoms with van der Waals surface area (Å²) in [4.78, 5) is 5.10. The van der Waals surface area contributed by atoms with Gasteiger partial charge >= 0.3 is 0 Å². The molecular weight excluding hydrogens is 1600 g/mol. The van der Waals surface area contributed by atoms with E-state index in [1.807, 2.05) is 37.3 Å². The summed E-state index contributed by atoms with van der Waals surface area (Å²) >= 11 is 1.20. The Labute approximate surface area is 734 Å². The number of unbranched alkanes of at least 4 members (excludes halogenated alkanes) is 9. The number of rotatable bonds is 42. The summed E-state index contributed by atoms with van der Waals surface area (Å²) < 4.78 is 73.6. The summed E-state index contributed by atoms with van der Waals surface area (Å²) in [5.74, 6) is 1.34. The molecule has 11 aliphatic heterocycles. The molecule has 6 unspecified atom stereocenters. The molecule has 0 aromatic heterocycles. The van der Waals surface area contributed by atoms with Crippen LogP contribution in [0.3, 0.4) is 0 Å². The smallest absolute Gasteiger partial charge is 0.269 e. The van der Waals surface area contributed by atoms with Gasteiger partial charge in [-0.2, -0.15) is 0 Å². The Morgan fingerprint density at radius 2 is 0.702 bits per heavy atom. The van der Waals surface area contributed by atoms with E-state index in [0.717, 1.165) is 168 Å². The highest BCUT2D eigenvalue weighted by atomic mass is 32.2. The van der Waals surface area contributed by atoms with E-state index in [2.05, 4.69) is 53.1 Å². The summed E-state index contributed by atoms with van der Waals surface area (Å²) in [6, 6.07) is 9.34. The van der Waals surface area contributed by atoms with E-state index < -0.39 is 24.4 Å². The van der Waals surface area contributed by atoms with Gasteiger partial charge in [-0.3, -0.25) is 0 Å². The Morgan fingerprint density at radius 1 is 0.380 bits per heavy atom. The van der Waals surface area contributed by atoms with Crippen LogP contribution in [0.2, 0.25) is 0 Å². The highest BCUT2D eigenvalue weighted by molar-refractivity contribution is 7.94. The number of para-hydroxylation sites is 1. The fourth-order valence-corrected chi connectivity index (χ4v) is 16.7. The first kappa shape index (κ1) is 114. The van der Waals surface area contributed by atoms with Crippen LogP contribution in [0.15, 0.2) is 35.0 Å². The monoisotopic (exact) mass is 1770 g/mol. The fourth-order valence-electron chi connectivity index (χ4n) is 15.9. The Hall–Kier alpha value is -1.51. The minimum Gasteiger partial charge on any atom is -0.400 e. The van der Waals surface area contributed by atoms with Crippen molar-refractivity contribution in [3.63, 3.8) is 0 Å². The molecule has 2 radical (unpaired) electrons. The quantitative estimate of drug-likeness (QED) is 0.00550. The van der Waals surface area contributed by atoms with Gasteiger partial charge < -0.3 is 133 Å². The van der Waals surface area contributed by atoms with Crippen LogP contribution in [0, 0.1) is 0 Å². The van der Waals surface area contributed by atoms with Gasteiger partial charge in [-0.1, -0.05) is 144 Å². The molecule has 13 N–H and O–H groups in total. The maximum Gasteiger partial charge on any atom is 0.269 e. The van der Waals surface area contributed by atoms with E-state index in [0.29, 0.717) is 94.0 Å². The molecular formula is C90H169BNO27PS. The number of hydrogen-bond donors (Lipinski definition) is 13. The summed E-state index contributed by atoms with van der Waals surface area (Å²) in [6.45, 7) is 20.6. The van der Waals surface area contributed by atoms with Crippen LogP contribution in [0.25, 0.3) is 0 Å². The van der Waals surface area contributed by atoms with Gasteiger partial charge in [0.15, 0.2) is 14.3 Å². The third kappa shape index (κ3) is 49.9. The van der Waals surface area contributed by atoms with Gasteiger partial charge in [0.05, 0.1) is 187 Å². The van der Waals surface area contributed by atoms with E-state index in [4.69, 9.17) is 115 Å². The molecule has 0 aliphatic carbocycles. The number of benzene rings is 1. The fraction of sp³-hybridized carbons (Fsp3) is 0.933. The molecule has 28 nitrogen and oxygen atoms in total. The minimum absolute atomic E-state index is 0.00531. The van der Waals surface area contributed by atoms with Gasteiger partial charge in [-0.05, 0) is 192 Å². The Morgan fingerprint density at radius 3 is 1.02 bits per heavy atom. The van der Waals surface area contributed by atoms with E-state index in [9.17, 15) is 25.5 Å². The molecule has 11 fully saturated rings. The minimum atomic E-state index is -0.799. The summed E-state index contributed by atoms with van der Waals surface area (Å²) in [6.07, 6.45) is 40.7. The SMILES string of the molecule is CCC1CCC(C(O)CCSOOc2ccccc2)O1.CCCCCCCCCCCC[C@@H](O)[C@H]1CC[C@H](CO)O1.CCC[C@@H](O)[C@H]1CC[C@H](CO)O1.CC[C@H]1CC[C@H]([C@@H](C)O)O1.CC[C@H]1CC[C@H]([C@@H](O)CO)O1.CC[C@H]1CC[C@H]([C@H]2CO2)O1.CC[C@H]1CC[C@H]([C@H]2CO2)O1.CO.OC[C@H]1CC[C@H]([C@@H](O)CO)O1.[B]N=POCC(O)C1CCC(CC)O1. The molecule has 0 saturated carbocycles. The third-order valence-electron chi connectivity index (χ3n) is 23.8. The van der Waals surface area contributed by atoms with Crippen molar-refractivity contribution in [2.45, 2.75) is 471 Å². The lowest BCUT2D eigenvalue weighted by atomic mass is 10.0. The predicted molar refractivity (Wildman–Crippen MR) is 471 cm³/mol. The Balaban J connectivity index is 0.000000355. The zero-order valence-corrected chi connectivity index (χ0v) is 77.3. The number of nitrogens with zero attached hydrogens (tertiary/aromatic N) is 1. The predicted octanol–water partition coefficient (Wildman–Crippen LogP) is 12.5. The van der Waals surface area contributed by atoms with E-state index in [-0.39, 0.29) is 119 Å². The van der Waals surface area contributed by atoms with E-state index >= 15 is 0 Å². The van der Waals surface area contributed by atoms with E-state index in [1.165, 1.54) is 95.5 Å². The van der Waals surface area contributed by atoms with Gasteiger partial charge in [-0.25, -0.2) is 0 Å². The Bertz CT molecular complexity index is 2460. The lowest BCUT2D eigenvalue weighted by Gasteiger charge is -2.18. The summed E-state index contributed by atoms with van der Waals surface area (Å²) in [5.41, 5.74) is 0. The van der Waals surface area contributed by atoms with Crippen molar-refractivity contribution >= 4 is 28.6 Å². The second kappa shape index (κ2) is 71.3. The molecule has 12 rings (SSSR count). The standard InChI is InChI=1S/C18H36O3.C15H22O4S.C9H18O3.C8H15BNO3P.C8H16O3.2C8H14O2.C8H16O2.C7H14O4.CH4O/c1-2-3-4-5-6-7-8-9-10-11-12-17(20)18-14-13-16(15-19)21-18;1-2-12-8-9-15(17-12)14(16)10-11-20-19-18-13-6-4-3-5-7-13;1-2-3-8(11)9-5-4-7(6-10)12-9;1-2-6-3-4-8(13-6)7(11)5-12-14-10-9;1-2-6-3-4-8(11-6)7(10)5-9;2*1-2-6-3-4-7(10-6)8-5-9-8;1-3-7-4-5-8(10-7)6(2)9;8-3-5-1-2-7(11-5)6(10)4-9;1-2/h16-20H,2-15H2,1H3;3-7,12,14-16H,2,8-11H2,1H3;7-11H,2-6H2,1H3;6-8,11H,2-5H2,1H3;6-10H,2-5H2,1H3;2*6-8H,2-5H2,1H3;6-9H,3-5H2,1-2H3;5-10H,1-4H2;2H,1H3/t16-,17-,18-;;7-,8-,9-;;6-,7-,8+;2*6-,7+,8+;6-,7+,8-;5-,6+,7-;/m1.1.00011./s1. The average molecular weight is 1770 g/mol. The molecule has 1 aromatic rings. The molecule has 11 saturated heterocycles. The van der Waals surface area contributed by atoms with Crippen LogP contribution >= 0.6 is 20.6 Å². The Kier molecular flexibility index (Phi) is 67.0. The molecule has 31 heteroatoms. The second-order valence-corrected chi connectivity index (χ2v) is 34.9.